The largest absolute Gasteiger partial charge is 0.481 e. The Morgan fingerprint density at radius 2 is 2.37 bits per heavy atom. The van der Waals surface area contributed by atoms with Crippen molar-refractivity contribution >= 4 is 17.7 Å². The maximum absolute atomic E-state index is 11.3. The van der Waals surface area contributed by atoms with Gasteiger partial charge in [0.1, 0.15) is 0 Å². The van der Waals surface area contributed by atoms with Crippen LogP contribution in [0.3, 0.4) is 0 Å². The molecule has 7 heteroatoms. The van der Waals surface area contributed by atoms with Crippen LogP contribution in [-0.2, 0) is 16.1 Å². The smallest absolute Gasteiger partial charge is 0.313 e. The molecule has 1 aliphatic rings. The third-order valence-corrected chi connectivity index (χ3v) is 4.30. The van der Waals surface area contributed by atoms with E-state index in [0.29, 0.717) is 11.7 Å². The molecule has 104 valence electrons. The fourth-order valence-corrected chi connectivity index (χ4v) is 2.78. The molecule has 0 aliphatic heterocycles. The maximum atomic E-state index is 11.3. The average molecular weight is 284 g/mol. The van der Waals surface area contributed by atoms with Crippen LogP contribution in [0, 0.1) is 0 Å². The lowest BCUT2D eigenvalue weighted by atomic mass is 9.80. The Hall–Kier alpha value is -1.34. The van der Waals surface area contributed by atoms with E-state index < -0.39 is 5.97 Å². The lowest BCUT2D eigenvalue weighted by Gasteiger charge is -2.41. The molecule has 1 aromatic heterocycles. The van der Waals surface area contributed by atoms with E-state index in [4.69, 9.17) is 9.84 Å². The van der Waals surface area contributed by atoms with Gasteiger partial charge in [-0.1, -0.05) is 11.8 Å². The van der Waals surface area contributed by atoms with E-state index in [1.54, 1.807) is 17.9 Å². The highest BCUT2D eigenvalue weighted by atomic mass is 32.2. The van der Waals surface area contributed by atoms with Gasteiger partial charge in [-0.3, -0.25) is 9.59 Å². The number of carbonyl (C=O) groups is 1. The van der Waals surface area contributed by atoms with Gasteiger partial charge < -0.3 is 14.4 Å². The van der Waals surface area contributed by atoms with Crippen LogP contribution in [-0.4, -0.2) is 39.1 Å². The van der Waals surface area contributed by atoms with Crippen molar-refractivity contribution in [3.05, 3.63) is 22.6 Å². The van der Waals surface area contributed by atoms with Crippen LogP contribution < -0.4 is 5.56 Å². The molecule has 0 radical (unpaired) electrons. The van der Waals surface area contributed by atoms with E-state index in [0.717, 1.165) is 31.0 Å². The number of hydrogen-bond acceptors (Lipinski definition) is 5. The zero-order valence-corrected chi connectivity index (χ0v) is 11.5. The second-order valence-electron chi connectivity index (χ2n) is 4.60. The molecule has 1 aromatic rings. The Balaban J connectivity index is 2.18. The number of ether oxygens (including phenoxy) is 1. The second kappa shape index (κ2) is 5.75. The minimum Gasteiger partial charge on any atom is -0.481 e. The fourth-order valence-electron chi connectivity index (χ4n) is 2.08. The van der Waals surface area contributed by atoms with E-state index in [2.05, 4.69) is 4.98 Å². The first-order valence-electron chi connectivity index (χ1n) is 6.02. The van der Waals surface area contributed by atoms with Crippen molar-refractivity contribution in [2.45, 2.75) is 36.6 Å². The van der Waals surface area contributed by atoms with Crippen molar-refractivity contribution in [1.29, 1.82) is 0 Å². The van der Waals surface area contributed by atoms with E-state index in [-0.39, 0.29) is 16.9 Å². The van der Waals surface area contributed by atoms with Gasteiger partial charge in [-0.15, -0.1) is 0 Å². The van der Waals surface area contributed by atoms with Crippen molar-refractivity contribution in [3.63, 3.8) is 0 Å². The zero-order valence-electron chi connectivity index (χ0n) is 10.7. The summed E-state index contributed by atoms with van der Waals surface area (Å²) in [5.41, 5.74) is -0.556. The number of thioether (sulfide) groups is 1. The maximum Gasteiger partial charge on any atom is 0.313 e. The molecule has 0 aromatic carbocycles. The van der Waals surface area contributed by atoms with Gasteiger partial charge in [0.15, 0.2) is 5.16 Å². The molecule has 0 saturated heterocycles. The van der Waals surface area contributed by atoms with E-state index in [9.17, 15) is 9.59 Å². The van der Waals surface area contributed by atoms with Gasteiger partial charge in [0.05, 0.1) is 17.9 Å². The molecule has 0 unspecified atom stereocenters. The van der Waals surface area contributed by atoms with Crippen LogP contribution in [0.25, 0.3) is 0 Å². The second-order valence-corrected chi connectivity index (χ2v) is 5.54. The summed E-state index contributed by atoms with van der Waals surface area (Å²) in [6, 6.07) is 1.38. The normalized spacial score (nSPS) is 16.9. The molecule has 1 aliphatic carbocycles. The monoisotopic (exact) mass is 284 g/mol. The van der Waals surface area contributed by atoms with Crippen molar-refractivity contribution in [3.8, 4) is 0 Å². The minimum atomic E-state index is -0.931. The van der Waals surface area contributed by atoms with Crippen LogP contribution in [0.5, 0.6) is 0 Å². The summed E-state index contributed by atoms with van der Waals surface area (Å²) in [6.45, 7) is 0.596. The van der Waals surface area contributed by atoms with Crippen LogP contribution in [0.4, 0.5) is 0 Å². The number of rotatable bonds is 6. The predicted molar refractivity (Wildman–Crippen MR) is 70.4 cm³/mol. The summed E-state index contributed by atoms with van der Waals surface area (Å²) in [4.78, 5) is 25.8. The molecule has 1 N–H and O–H groups in total. The van der Waals surface area contributed by atoms with E-state index in [1.165, 1.54) is 6.07 Å². The zero-order chi connectivity index (χ0) is 13.9. The summed E-state index contributed by atoms with van der Waals surface area (Å²) in [5, 5.41) is 9.14. The van der Waals surface area contributed by atoms with E-state index >= 15 is 0 Å². The number of methoxy groups -OCH3 is 1. The molecule has 19 heavy (non-hydrogen) atoms. The van der Waals surface area contributed by atoms with E-state index in [1.807, 2.05) is 0 Å². The summed E-state index contributed by atoms with van der Waals surface area (Å²) < 4.78 is 7.34. The third kappa shape index (κ3) is 3.36. The molecular formula is C12H16N2O4S. The fraction of sp³-hybridized carbons (Fsp3) is 0.583. The molecule has 1 saturated carbocycles. The van der Waals surface area contributed by atoms with Gasteiger partial charge in [-0.25, -0.2) is 0 Å². The topological polar surface area (TPSA) is 81.4 Å². The molecule has 0 spiro atoms. The highest BCUT2D eigenvalue weighted by Gasteiger charge is 2.37. The SMILES string of the molecule is COC1(Cn2ccc(=O)nc2SCC(=O)O)CCC1. The molecule has 1 heterocycles. The first-order chi connectivity index (χ1) is 9.04. The molecule has 0 amide bonds. The molecular weight excluding hydrogens is 268 g/mol. The van der Waals surface area contributed by atoms with Crippen LogP contribution in [0.15, 0.2) is 22.2 Å². The molecule has 6 nitrogen and oxygen atoms in total. The standard InChI is InChI=1S/C12H16N2O4S/c1-18-12(4-2-5-12)8-14-6-3-9(15)13-11(14)19-7-10(16)17/h3,6H,2,4-5,7-8H2,1H3,(H,16,17). The molecule has 2 rings (SSSR count). The van der Waals surface area contributed by atoms with Gasteiger partial charge in [0, 0.05) is 19.4 Å². The lowest BCUT2D eigenvalue weighted by molar-refractivity contribution is -0.133. The summed E-state index contributed by atoms with van der Waals surface area (Å²) in [7, 11) is 1.68. The quantitative estimate of drug-likeness (QED) is 0.619. The third-order valence-electron chi connectivity index (χ3n) is 3.33. The summed E-state index contributed by atoms with van der Waals surface area (Å²) in [5.74, 6) is -1.05. The first kappa shape index (κ1) is 14.1. The number of nitrogens with zero attached hydrogens (tertiary/aromatic N) is 2. The molecule has 1 fully saturated rings. The van der Waals surface area contributed by atoms with Crippen LogP contribution >= 0.6 is 11.8 Å². The first-order valence-corrected chi connectivity index (χ1v) is 7.00. The highest BCUT2D eigenvalue weighted by molar-refractivity contribution is 7.99. The Kier molecular flexibility index (Phi) is 4.26. The number of carboxylic acid groups (broad SMARTS) is 1. The van der Waals surface area contributed by atoms with Gasteiger partial charge in [-0.2, -0.15) is 4.98 Å². The van der Waals surface area contributed by atoms with Gasteiger partial charge in [0.2, 0.25) is 0 Å². The van der Waals surface area contributed by atoms with Crippen molar-refractivity contribution in [1.82, 2.24) is 9.55 Å². The number of aromatic nitrogens is 2. The Morgan fingerprint density at radius 1 is 1.63 bits per heavy atom. The molecule has 0 atom stereocenters. The van der Waals surface area contributed by atoms with Crippen molar-refractivity contribution < 1.29 is 14.6 Å². The van der Waals surface area contributed by atoms with Gasteiger partial charge in [-0.05, 0) is 19.3 Å². The molecule has 0 bridgehead atoms. The van der Waals surface area contributed by atoms with Crippen molar-refractivity contribution in [2.75, 3.05) is 12.9 Å². The Morgan fingerprint density at radius 3 is 2.89 bits per heavy atom. The Labute approximate surface area is 114 Å². The summed E-state index contributed by atoms with van der Waals surface area (Å²) in [6.07, 6.45) is 4.72. The van der Waals surface area contributed by atoms with Gasteiger partial charge in [0.25, 0.3) is 5.56 Å². The van der Waals surface area contributed by atoms with Crippen LogP contribution in [0.2, 0.25) is 0 Å². The highest BCUT2D eigenvalue weighted by Crippen LogP contribution is 2.37. The Bertz CT molecular complexity index is 519. The van der Waals surface area contributed by atoms with Crippen molar-refractivity contribution in [2.24, 2.45) is 0 Å². The van der Waals surface area contributed by atoms with Crippen LogP contribution in [0.1, 0.15) is 19.3 Å². The lowest BCUT2D eigenvalue weighted by Crippen LogP contribution is -2.43. The minimum absolute atomic E-state index is 0.115. The predicted octanol–water partition coefficient (Wildman–Crippen LogP) is 0.989. The number of hydrogen-bond donors (Lipinski definition) is 1. The number of aliphatic carboxylic acids is 1. The average Bonchev–Trinajstić information content (AvgIpc) is 2.33. The van der Waals surface area contributed by atoms with Gasteiger partial charge >= 0.3 is 5.97 Å². The number of carboxylic acids is 1. The summed E-state index contributed by atoms with van der Waals surface area (Å²) >= 11 is 1.05.